The number of amides is 1. The lowest BCUT2D eigenvalue weighted by atomic mass is 9.74. The Bertz CT molecular complexity index is 850. The van der Waals surface area contributed by atoms with Gasteiger partial charge in [0.15, 0.2) is 0 Å². The van der Waals surface area contributed by atoms with E-state index in [2.05, 4.69) is 34.0 Å². The largest absolute Gasteiger partial charge is 0.378 e. The van der Waals surface area contributed by atoms with Crippen molar-refractivity contribution in [1.29, 1.82) is 0 Å². The summed E-state index contributed by atoms with van der Waals surface area (Å²) < 4.78 is 5.43. The molecule has 0 saturated carbocycles. The molecule has 0 unspecified atom stereocenters. The Labute approximate surface area is 171 Å². The monoisotopic (exact) mass is 395 g/mol. The number of fused-ring (bicyclic) bond motifs is 1. The molecule has 0 spiro atoms. The van der Waals surface area contributed by atoms with Crippen LogP contribution in [0.25, 0.3) is 0 Å². The van der Waals surface area contributed by atoms with Gasteiger partial charge >= 0.3 is 0 Å². The molecule has 1 aliphatic heterocycles. The van der Waals surface area contributed by atoms with Gasteiger partial charge in [-0.3, -0.25) is 9.78 Å². The SMILES string of the molecule is CC1(C)Cc2nc(N3CCOCC3)ncc2[C@@H](NC(=O)CCc2ccccn2)C1. The van der Waals surface area contributed by atoms with Crippen molar-refractivity contribution in [3.63, 3.8) is 0 Å². The number of carbonyl (C=O) groups is 1. The van der Waals surface area contributed by atoms with Crippen LogP contribution in [0.5, 0.6) is 0 Å². The number of morpholine rings is 1. The normalized spacial score (nSPS) is 20.8. The van der Waals surface area contributed by atoms with Crippen LogP contribution in [0, 0.1) is 5.41 Å². The first-order valence-electron chi connectivity index (χ1n) is 10.4. The number of ether oxygens (including phenoxy) is 1. The number of nitrogens with zero attached hydrogens (tertiary/aromatic N) is 4. The van der Waals surface area contributed by atoms with Gasteiger partial charge in [0.2, 0.25) is 11.9 Å². The van der Waals surface area contributed by atoms with E-state index in [9.17, 15) is 4.79 Å². The zero-order chi connectivity index (χ0) is 20.3. The number of nitrogens with one attached hydrogen (secondary N) is 1. The number of hydrogen-bond donors (Lipinski definition) is 1. The van der Waals surface area contributed by atoms with Crippen LogP contribution < -0.4 is 10.2 Å². The standard InChI is InChI=1S/C22H29N5O2/c1-22(2)13-18(25-20(28)7-6-16-5-3-4-8-23-16)17-15-24-21(26-19(17)14-22)27-9-11-29-12-10-27/h3-5,8,15,18H,6-7,9-14H2,1-2H3,(H,25,28)/t18-/m0/s1. The predicted molar refractivity (Wildman–Crippen MR) is 111 cm³/mol. The molecular formula is C22H29N5O2. The lowest BCUT2D eigenvalue weighted by Crippen LogP contribution is -2.39. The molecule has 1 fully saturated rings. The molecule has 1 N–H and O–H groups in total. The van der Waals surface area contributed by atoms with E-state index in [0.717, 1.165) is 48.8 Å². The van der Waals surface area contributed by atoms with Gasteiger partial charge < -0.3 is 15.0 Å². The number of hydrogen-bond acceptors (Lipinski definition) is 6. The van der Waals surface area contributed by atoms with Gasteiger partial charge in [0, 0.05) is 43.2 Å². The van der Waals surface area contributed by atoms with Gasteiger partial charge in [-0.2, -0.15) is 0 Å². The second-order valence-corrected chi connectivity index (χ2v) is 8.66. The maximum atomic E-state index is 12.6. The Morgan fingerprint density at radius 1 is 1.28 bits per heavy atom. The topological polar surface area (TPSA) is 80.2 Å². The van der Waals surface area contributed by atoms with Crippen LogP contribution in [-0.2, 0) is 22.4 Å². The predicted octanol–water partition coefficient (Wildman–Crippen LogP) is 2.47. The van der Waals surface area contributed by atoms with E-state index in [1.165, 1.54) is 0 Å². The third kappa shape index (κ3) is 4.90. The summed E-state index contributed by atoms with van der Waals surface area (Å²) >= 11 is 0. The lowest BCUT2D eigenvalue weighted by Gasteiger charge is -2.37. The number of carbonyl (C=O) groups excluding carboxylic acids is 1. The smallest absolute Gasteiger partial charge is 0.225 e. The molecule has 4 rings (SSSR count). The molecule has 7 heteroatoms. The minimum Gasteiger partial charge on any atom is -0.378 e. The number of pyridine rings is 1. The average molecular weight is 396 g/mol. The number of aryl methyl sites for hydroxylation is 1. The van der Waals surface area contributed by atoms with Gasteiger partial charge in [0.05, 0.1) is 24.9 Å². The lowest BCUT2D eigenvalue weighted by molar-refractivity contribution is -0.122. The van der Waals surface area contributed by atoms with E-state index < -0.39 is 0 Å². The Balaban J connectivity index is 1.47. The van der Waals surface area contributed by atoms with E-state index in [1.54, 1.807) is 6.20 Å². The first-order chi connectivity index (χ1) is 14.0. The summed E-state index contributed by atoms with van der Waals surface area (Å²) in [6, 6.07) is 5.73. The van der Waals surface area contributed by atoms with Gasteiger partial charge in [-0.25, -0.2) is 9.97 Å². The van der Waals surface area contributed by atoms with Crippen molar-refractivity contribution in [1.82, 2.24) is 20.3 Å². The van der Waals surface area contributed by atoms with Gasteiger partial charge in [-0.1, -0.05) is 19.9 Å². The zero-order valence-corrected chi connectivity index (χ0v) is 17.2. The Morgan fingerprint density at radius 3 is 2.86 bits per heavy atom. The molecule has 2 aliphatic rings. The third-order valence-electron chi connectivity index (χ3n) is 5.63. The average Bonchev–Trinajstić information content (AvgIpc) is 2.72. The Kier molecular flexibility index (Phi) is 5.76. The molecule has 29 heavy (non-hydrogen) atoms. The molecular weight excluding hydrogens is 366 g/mol. The molecule has 1 saturated heterocycles. The van der Waals surface area contributed by atoms with E-state index in [1.807, 2.05) is 24.4 Å². The van der Waals surface area contributed by atoms with Gasteiger partial charge in [0.25, 0.3) is 0 Å². The fourth-order valence-electron chi connectivity index (χ4n) is 4.14. The van der Waals surface area contributed by atoms with Gasteiger partial charge in [0.1, 0.15) is 0 Å². The van der Waals surface area contributed by atoms with Crippen molar-refractivity contribution in [3.05, 3.63) is 47.5 Å². The quantitative estimate of drug-likeness (QED) is 0.838. The molecule has 0 aromatic carbocycles. The van der Waals surface area contributed by atoms with Crippen molar-refractivity contribution in [2.45, 2.75) is 45.6 Å². The molecule has 2 aromatic heterocycles. The van der Waals surface area contributed by atoms with E-state index in [-0.39, 0.29) is 17.4 Å². The minimum atomic E-state index is -0.0521. The summed E-state index contributed by atoms with van der Waals surface area (Å²) in [5.41, 5.74) is 3.11. The van der Waals surface area contributed by atoms with Gasteiger partial charge in [-0.05, 0) is 36.8 Å². The van der Waals surface area contributed by atoms with Crippen LogP contribution in [0.2, 0.25) is 0 Å². The summed E-state index contributed by atoms with van der Waals surface area (Å²) in [7, 11) is 0. The van der Waals surface area contributed by atoms with Crippen LogP contribution in [-0.4, -0.2) is 47.2 Å². The second kappa shape index (κ2) is 8.45. The summed E-state index contributed by atoms with van der Waals surface area (Å²) in [4.78, 5) is 28.6. The van der Waals surface area contributed by atoms with Crippen LogP contribution in [0.3, 0.4) is 0 Å². The number of aromatic nitrogens is 3. The molecule has 1 aliphatic carbocycles. The van der Waals surface area contributed by atoms with Gasteiger partial charge in [-0.15, -0.1) is 0 Å². The van der Waals surface area contributed by atoms with Crippen molar-refractivity contribution < 1.29 is 9.53 Å². The highest BCUT2D eigenvalue weighted by atomic mass is 16.5. The molecule has 7 nitrogen and oxygen atoms in total. The summed E-state index contributed by atoms with van der Waals surface area (Å²) in [5.74, 6) is 0.812. The molecule has 1 atom stereocenters. The first kappa shape index (κ1) is 19.8. The maximum Gasteiger partial charge on any atom is 0.225 e. The van der Waals surface area contributed by atoms with Crippen molar-refractivity contribution in [2.24, 2.45) is 5.41 Å². The summed E-state index contributed by atoms with van der Waals surface area (Å²) in [6.07, 6.45) is 6.51. The summed E-state index contributed by atoms with van der Waals surface area (Å²) in [5, 5.41) is 3.22. The molecule has 2 aromatic rings. The Hall–Kier alpha value is -2.54. The third-order valence-corrected chi connectivity index (χ3v) is 5.63. The highest BCUT2D eigenvalue weighted by Crippen LogP contribution is 2.40. The number of rotatable bonds is 5. The molecule has 0 radical (unpaired) electrons. The van der Waals surface area contributed by atoms with Crippen LogP contribution in [0.4, 0.5) is 5.95 Å². The molecule has 154 valence electrons. The highest BCUT2D eigenvalue weighted by molar-refractivity contribution is 5.76. The molecule has 1 amide bonds. The zero-order valence-electron chi connectivity index (χ0n) is 17.2. The Morgan fingerprint density at radius 2 is 2.10 bits per heavy atom. The van der Waals surface area contributed by atoms with Crippen LogP contribution in [0.15, 0.2) is 30.6 Å². The van der Waals surface area contributed by atoms with Crippen LogP contribution >= 0.6 is 0 Å². The van der Waals surface area contributed by atoms with E-state index in [0.29, 0.717) is 26.1 Å². The maximum absolute atomic E-state index is 12.6. The molecule has 3 heterocycles. The van der Waals surface area contributed by atoms with E-state index >= 15 is 0 Å². The van der Waals surface area contributed by atoms with Crippen molar-refractivity contribution in [3.8, 4) is 0 Å². The minimum absolute atomic E-state index is 0.0431. The second-order valence-electron chi connectivity index (χ2n) is 8.66. The molecule has 0 bridgehead atoms. The van der Waals surface area contributed by atoms with Crippen molar-refractivity contribution >= 4 is 11.9 Å². The highest BCUT2D eigenvalue weighted by Gasteiger charge is 2.34. The van der Waals surface area contributed by atoms with Crippen LogP contribution in [0.1, 0.15) is 49.7 Å². The number of anilines is 1. The van der Waals surface area contributed by atoms with E-state index in [4.69, 9.17) is 9.72 Å². The summed E-state index contributed by atoms with van der Waals surface area (Å²) in [6.45, 7) is 7.52. The fourth-order valence-corrected chi connectivity index (χ4v) is 4.14. The fraction of sp³-hybridized carbons (Fsp3) is 0.545. The first-order valence-corrected chi connectivity index (χ1v) is 10.4. The van der Waals surface area contributed by atoms with Crippen molar-refractivity contribution in [2.75, 3.05) is 31.2 Å².